The number of hydrogen-bond acceptors (Lipinski definition) is 3. The molecule has 0 saturated heterocycles. The second kappa shape index (κ2) is 5.12. The molecule has 0 aliphatic carbocycles. The minimum absolute atomic E-state index is 0.239. The smallest absolute Gasteiger partial charge is 0.263 e. The van der Waals surface area contributed by atoms with Gasteiger partial charge in [-0.1, -0.05) is 30.7 Å². The Balaban J connectivity index is 2.86. The molecule has 1 unspecified atom stereocenters. The van der Waals surface area contributed by atoms with Crippen LogP contribution in [-0.4, -0.2) is 16.4 Å². The molecule has 0 aromatic carbocycles. The van der Waals surface area contributed by atoms with Crippen molar-refractivity contribution in [1.29, 1.82) is 0 Å². The minimum atomic E-state index is -0.667. The predicted molar refractivity (Wildman–Crippen MR) is 72.3 cm³/mol. The highest BCUT2D eigenvalue weighted by Gasteiger charge is 2.28. The SMILES string of the molecule is CCC(C)(NC(=O)c1sccc1Cl)C(N)=S. The molecule has 1 heterocycles. The third-order valence-corrected chi connectivity index (χ3v) is 4.25. The Morgan fingerprint density at radius 3 is 2.75 bits per heavy atom. The van der Waals surface area contributed by atoms with E-state index in [1.807, 2.05) is 6.92 Å². The number of carbonyl (C=O) groups is 1. The van der Waals surface area contributed by atoms with Gasteiger partial charge in [0.15, 0.2) is 0 Å². The van der Waals surface area contributed by atoms with Crippen LogP contribution in [0.4, 0.5) is 0 Å². The second-order valence-electron chi connectivity index (χ2n) is 3.60. The van der Waals surface area contributed by atoms with Gasteiger partial charge in [-0.3, -0.25) is 4.79 Å². The van der Waals surface area contributed by atoms with Gasteiger partial charge in [0.25, 0.3) is 5.91 Å². The predicted octanol–water partition coefficient (Wildman–Crippen LogP) is 2.59. The van der Waals surface area contributed by atoms with Gasteiger partial charge in [0.2, 0.25) is 0 Å². The maximum atomic E-state index is 11.9. The molecule has 0 aliphatic heterocycles. The Bertz CT molecular complexity index is 419. The monoisotopic (exact) mass is 276 g/mol. The van der Waals surface area contributed by atoms with Crippen LogP contribution in [0, 0.1) is 0 Å². The number of amides is 1. The number of rotatable bonds is 4. The lowest BCUT2D eigenvalue weighted by Crippen LogP contribution is -2.53. The van der Waals surface area contributed by atoms with Crippen molar-refractivity contribution >= 4 is 46.1 Å². The quantitative estimate of drug-likeness (QED) is 0.831. The summed E-state index contributed by atoms with van der Waals surface area (Å²) in [4.78, 5) is 12.7. The number of carbonyl (C=O) groups excluding carboxylic acids is 1. The zero-order chi connectivity index (χ0) is 12.3. The van der Waals surface area contributed by atoms with Crippen LogP contribution in [0.5, 0.6) is 0 Å². The third-order valence-electron chi connectivity index (χ3n) is 2.46. The van der Waals surface area contributed by atoms with Crippen molar-refractivity contribution in [3.05, 3.63) is 21.3 Å². The van der Waals surface area contributed by atoms with Crippen LogP contribution in [-0.2, 0) is 0 Å². The fraction of sp³-hybridized carbons (Fsp3) is 0.400. The van der Waals surface area contributed by atoms with E-state index in [9.17, 15) is 4.79 Å². The molecule has 16 heavy (non-hydrogen) atoms. The summed E-state index contributed by atoms with van der Waals surface area (Å²) in [5, 5.41) is 5.02. The van der Waals surface area contributed by atoms with E-state index in [1.54, 1.807) is 18.4 Å². The van der Waals surface area contributed by atoms with E-state index in [0.29, 0.717) is 16.3 Å². The maximum Gasteiger partial charge on any atom is 0.263 e. The fourth-order valence-corrected chi connectivity index (χ4v) is 2.32. The molecule has 0 spiro atoms. The first-order chi connectivity index (χ1) is 7.40. The largest absolute Gasteiger partial charge is 0.391 e. The lowest BCUT2D eigenvalue weighted by Gasteiger charge is -2.28. The molecule has 1 aromatic heterocycles. The summed E-state index contributed by atoms with van der Waals surface area (Å²) in [6.07, 6.45) is 0.636. The van der Waals surface area contributed by atoms with Gasteiger partial charge in [0, 0.05) is 0 Å². The van der Waals surface area contributed by atoms with Crippen molar-refractivity contribution < 1.29 is 4.79 Å². The molecule has 88 valence electrons. The second-order valence-corrected chi connectivity index (χ2v) is 5.36. The number of nitrogens with one attached hydrogen (secondary N) is 1. The van der Waals surface area contributed by atoms with E-state index in [1.165, 1.54) is 11.3 Å². The first-order valence-electron chi connectivity index (χ1n) is 4.76. The van der Waals surface area contributed by atoms with Crippen LogP contribution in [0.1, 0.15) is 29.9 Å². The highest BCUT2D eigenvalue weighted by Crippen LogP contribution is 2.23. The number of nitrogens with two attached hydrogens (primary N) is 1. The van der Waals surface area contributed by atoms with Gasteiger partial charge in [-0.2, -0.15) is 0 Å². The number of halogens is 1. The summed E-state index contributed by atoms with van der Waals surface area (Å²) in [5.74, 6) is -0.239. The summed E-state index contributed by atoms with van der Waals surface area (Å²) in [7, 11) is 0. The van der Waals surface area contributed by atoms with E-state index in [4.69, 9.17) is 29.6 Å². The van der Waals surface area contributed by atoms with Crippen molar-refractivity contribution in [2.24, 2.45) is 5.73 Å². The molecule has 1 atom stereocenters. The van der Waals surface area contributed by atoms with Crippen LogP contribution >= 0.6 is 35.2 Å². The minimum Gasteiger partial charge on any atom is -0.391 e. The van der Waals surface area contributed by atoms with Gasteiger partial charge in [0.05, 0.1) is 15.6 Å². The van der Waals surface area contributed by atoms with E-state index in [2.05, 4.69) is 5.32 Å². The maximum absolute atomic E-state index is 11.9. The highest BCUT2D eigenvalue weighted by atomic mass is 35.5. The van der Waals surface area contributed by atoms with Gasteiger partial charge in [0.1, 0.15) is 4.88 Å². The fourth-order valence-electron chi connectivity index (χ4n) is 1.09. The lowest BCUT2D eigenvalue weighted by molar-refractivity contribution is 0.0931. The van der Waals surface area contributed by atoms with Crippen LogP contribution in [0.3, 0.4) is 0 Å². The van der Waals surface area contributed by atoms with Gasteiger partial charge in [-0.15, -0.1) is 11.3 Å². The molecular weight excluding hydrogens is 264 g/mol. The molecule has 1 rings (SSSR count). The normalized spacial score (nSPS) is 14.2. The molecule has 0 aliphatic rings. The van der Waals surface area contributed by atoms with Crippen molar-refractivity contribution in [2.75, 3.05) is 0 Å². The number of thiophene rings is 1. The van der Waals surface area contributed by atoms with Crippen LogP contribution < -0.4 is 11.1 Å². The highest BCUT2D eigenvalue weighted by molar-refractivity contribution is 7.80. The zero-order valence-corrected chi connectivity index (χ0v) is 11.4. The van der Waals surface area contributed by atoms with E-state index in [0.717, 1.165) is 0 Å². The first kappa shape index (κ1) is 13.4. The van der Waals surface area contributed by atoms with E-state index in [-0.39, 0.29) is 10.9 Å². The molecule has 0 bridgehead atoms. The Hall–Kier alpha value is -0.650. The summed E-state index contributed by atoms with van der Waals surface area (Å²) < 4.78 is 0. The lowest BCUT2D eigenvalue weighted by atomic mass is 9.99. The molecule has 0 radical (unpaired) electrons. The molecule has 3 nitrogen and oxygen atoms in total. The molecule has 0 fully saturated rings. The van der Waals surface area contributed by atoms with Crippen LogP contribution in [0.2, 0.25) is 5.02 Å². The third kappa shape index (κ3) is 2.72. The van der Waals surface area contributed by atoms with Crippen molar-refractivity contribution in [1.82, 2.24) is 5.32 Å². The first-order valence-corrected chi connectivity index (χ1v) is 6.42. The molecule has 1 amide bonds. The van der Waals surface area contributed by atoms with E-state index >= 15 is 0 Å². The molecule has 6 heteroatoms. The summed E-state index contributed by atoms with van der Waals surface area (Å²) in [5.41, 5.74) is 4.94. The van der Waals surface area contributed by atoms with Gasteiger partial charge in [-0.05, 0) is 24.8 Å². The van der Waals surface area contributed by atoms with Crippen molar-refractivity contribution in [3.8, 4) is 0 Å². The summed E-state index contributed by atoms with van der Waals surface area (Å²) in [6, 6.07) is 1.69. The van der Waals surface area contributed by atoms with Gasteiger partial charge < -0.3 is 11.1 Å². The van der Waals surface area contributed by atoms with E-state index < -0.39 is 5.54 Å². The topological polar surface area (TPSA) is 55.1 Å². The Kier molecular flexibility index (Phi) is 4.29. The van der Waals surface area contributed by atoms with Crippen molar-refractivity contribution in [2.45, 2.75) is 25.8 Å². The van der Waals surface area contributed by atoms with Gasteiger partial charge in [-0.25, -0.2) is 0 Å². The van der Waals surface area contributed by atoms with Crippen molar-refractivity contribution in [3.63, 3.8) is 0 Å². The zero-order valence-electron chi connectivity index (χ0n) is 9.04. The van der Waals surface area contributed by atoms with Crippen LogP contribution in [0.25, 0.3) is 0 Å². The molecule has 3 N–H and O–H groups in total. The molecule has 1 aromatic rings. The summed E-state index contributed by atoms with van der Waals surface area (Å²) in [6.45, 7) is 3.71. The van der Waals surface area contributed by atoms with Crippen LogP contribution in [0.15, 0.2) is 11.4 Å². The Morgan fingerprint density at radius 2 is 2.38 bits per heavy atom. The summed E-state index contributed by atoms with van der Waals surface area (Å²) >= 11 is 12.1. The Morgan fingerprint density at radius 1 is 1.75 bits per heavy atom. The standard InChI is InChI=1S/C10H13ClN2OS2/c1-3-10(2,9(12)15)13-8(14)7-6(11)4-5-16-7/h4-5H,3H2,1-2H3,(H2,12,15)(H,13,14). The number of thiocarbonyl (C=S) groups is 1. The number of hydrogen-bond donors (Lipinski definition) is 2. The average Bonchev–Trinajstić information content (AvgIpc) is 2.64. The van der Waals surface area contributed by atoms with Gasteiger partial charge >= 0.3 is 0 Å². The molecular formula is C10H13ClN2OS2. The Labute approximate surface area is 109 Å². The molecule has 0 saturated carbocycles. The average molecular weight is 277 g/mol.